The Morgan fingerprint density at radius 1 is 1.17 bits per heavy atom. The van der Waals surface area contributed by atoms with Gasteiger partial charge in [-0.25, -0.2) is 9.67 Å². The first-order valence-corrected chi connectivity index (χ1v) is 8.03. The molecule has 0 amide bonds. The van der Waals surface area contributed by atoms with Crippen molar-refractivity contribution in [1.29, 1.82) is 0 Å². The summed E-state index contributed by atoms with van der Waals surface area (Å²) < 4.78 is 7.07. The zero-order valence-corrected chi connectivity index (χ0v) is 14.0. The Balaban J connectivity index is 2.00. The van der Waals surface area contributed by atoms with Gasteiger partial charge in [-0.05, 0) is 32.9 Å². The van der Waals surface area contributed by atoms with Gasteiger partial charge in [0.1, 0.15) is 5.82 Å². The molecule has 1 saturated heterocycles. The Morgan fingerprint density at radius 2 is 2.04 bits per heavy atom. The smallest absolute Gasteiger partial charge is 0.253 e. The lowest BCUT2D eigenvalue weighted by Crippen LogP contribution is -2.29. The Kier molecular flexibility index (Phi) is 4.88. The van der Waals surface area contributed by atoms with E-state index in [9.17, 15) is 0 Å². The van der Waals surface area contributed by atoms with Crippen LogP contribution < -0.4 is 10.2 Å². The third kappa shape index (κ3) is 3.68. The molecule has 0 aliphatic carbocycles. The molecule has 2 aromatic rings. The average Bonchev–Trinajstić information content (AvgIpc) is 2.74. The van der Waals surface area contributed by atoms with Gasteiger partial charge in [-0.15, -0.1) is 0 Å². The predicted molar refractivity (Wildman–Crippen MR) is 89.0 cm³/mol. The van der Waals surface area contributed by atoms with Crippen LogP contribution in [0.3, 0.4) is 0 Å². The number of rotatable bonds is 4. The summed E-state index contributed by atoms with van der Waals surface area (Å²) in [7, 11) is 1.68. The largest absolute Gasteiger partial charge is 0.378 e. The summed E-state index contributed by atoms with van der Waals surface area (Å²) in [4.78, 5) is 11.7. The lowest BCUT2D eigenvalue weighted by atomic mass is 10.3. The van der Waals surface area contributed by atoms with E-state index in [1.54, 1.807) is 11.8 Å². The molecule has 0 atom stereocenters. The van der Waals surface area contributed by atoms with Gasteiger partial charge in [0.25, 0.3) is 5.95 Å². The summed E-state index contributed by atoms with van der Waals surface area (Å²) in [5, 5.41) is 7.92. The Labute approximate surface area is 136 Å². The van der Waals surface area contributed by atoms with E-state index < -0.39 is 0 Å². The minimum absolute atomic E-state index is 0.466. The van der Waals surface area contributed by atoms with E-state index in [1.165, 1.54) is 0 Å². The van der Waals surface area contributed by atoms with Crippen molar-refractivity contribution in [1.82, 2.24) is 25.1 Å². The maximum absolute atomic E-state index is 5.27. The zero-order valence-electron chi connectivity index (χ0n) is 14.0. The van der Waals surface area contributed by atoms with Crippen molar-refractivity contribution in [2.75, 3.05) is 38.2 Å². The quantitative estimate of drug-likeness (QED) is 0.915. The number of methoxy groups -OCH3 is 1. The van der Waals surface area contributed by atoms with E-state index in [0.29, 0.717) is 12.6 Å². The van der Waals surface area contributed by atoms with Crippen LogP contribution >= 0.6 is 0 Å². The van der Waals surface area contributed by atoms with Crippen LogP contribution in [-0.2, 0) is 11.3 Å². The molecule has 124 valence electrons. The molecule has 3 rings (SSSR count). The normalized spacial score (nSPS) is 15.7. The number of aromatic nitrogens is 4. The molecule has 1 fully saturated rings. The fourth-order valence-corrected chi connectivity index (χ4v) is 2.85. The highest BCUT2D eigenvalue weighted by atomic mass is 16.5. The number of nitrogens with zero attached hydrogens (tertiary/aromatic N) is 5. The van der Waals surface area contributed by atoms with Crippen molar-refractivity contribution in [2.24, 2.45) is 0 Å². The Hall–Kier alpha value is -1.99. The first kappa shape index (κ1) is 15.9. The van der Waals surface area contributed by atoms with Crippen molar-refractivity contribution in [3.8, 4) is 5.95 Å². The molecule has 0 unspecified atom stereocenters. The summed E-state index contributed by atoms with van der Waals surface area (Å²) in [5.41, 5.74) is 2.86. The van der Waals surface area contributed by atoms with Gasteiger partial charge in [-0.1, -0.05) is 0 Å². The molecular formula is C16H24N6O. The van der Waals surface area contributed by atoms with Gasteiger partial charge in [0.15, 0.2) is 0 Å². The first-order chi connectivity index (χ1) is 11.2. The van der Waals surface area contributed by atoms with Crippen LogP contribution in [0, 0.1) is 13.8 Å². The fourth-order valence-electron chi connectivity index (χ4n) is 2.85. The van der Waals surface area contributed by atoms with Crippen molar-refractivity contribution >= 4 is 5.82 Å². The van der Waals surface area contributed by atoms with Gasteiger partial charge >= 0.3 is 0 Å². The summed E-state index contributed by atoms with van der Waals surface area (Å²) in [6.45, 7) is 8.42. The average molecular weight is 316 g/mol. The maximum Gasteiger partial charge on any atom is 0.253 e. The molecule has 0 radical (unpaired) electrons. The maximum atomic E-state index is 5.27. The van der Waals surface area contributed by atoms with Crippen molar-refractivity contribution in [3.63, 3.8) is 0 Å². The minimum atomic E-state index is 0.466. The fraction of sp³-hybridized carbons (Fsp3) is 0.562. The molecule has 2 aromatic heterocycles. The number of nitrogens with one attached hydrogen (secondary N) is 1. The highest BCUT2D eigenvalue weighted by Gasteiger charge is 2.16. The lowest BCUT2D eigenvalue weighted by molar-refractivity contribution is 0.181. The number of anilines is 1. The second-order valence-electron chi connectivity index (χ2n) is 5.88. The molecule has 0 aromatic carbocycles. The second-order valence-corrected chi connectivity index (χ2v) is 5.88. The van der Waals surface area contributed by atoms with Crippen LogP contribution in [0.5, 0.6) is 0 Å². The number of hydrogen-bond donors (Lipinski definition) is 1. The Morgan fingerprint density at radius 3 is 2.78 bits per heavy atom. The summed E-state index contributed by atoms with van der Waals surface area (Å²) in [6, 6.07) is 4.05. The number of aryl methyl sites for hydroxylation is 2. The van der Waals surface area contributed by atoms with E-state index in [0.717, 1.165) is 55.5 Å². The standard InChI is InChI=1S/C16H24N6O/c1-12-9-13(2)22(20-12)16-18-14(11-23-3)10-15(19-16)21-7-4-5-17-6-8-21/h9-10,17H,4-8,11H2,1-3H3. The van der Waals surface area contributed by atoms with E-state index in [2.05, 4.69) is 20.3 Å². The predicted octanol–water partition coefficient (Wildman–Crippen LogP) is 1.23. The minimum Gasteiger partial charge on any atom is -0.378 e. The van der Waals surface area contributed by atoms with Crippen LogP contribution in [0.15, 0.2) is 12.1 Å². The lowest BCUT2D eigenvalue weighted by Gasteiger charge is -2.22. The second kappa shape index (κ2) is 7.06. The van der Waals surface area contributed by atoms with Crippen LogP contribution in [0.1, 0.15) is 23.5 Å². The summed E-state index contributed by atoms with van der Waals surface area (Å²) in [5.74, 6) is 1.55. The van der Waals surface area contributed by atoms with Gasteiger partial charge in [0, 0.05) is 38.5 Å². The van der Waals surface area contributed by atoms with E-state index >= 15 is 0 Å². The molecule has 3 heterocycles. The van der Waals surface area contributed by atoms with Gasteiger partial charge < -0.3 is 15.0 Å². The van der Waals surface area contributed by atoms with E-state index in [-0.39, 0.29) is 0 Å². The zero-order chi connectivity index (χ0) is 16.2. The third-order valence-electron chi connectivity index (χ3n) is 3.91. The van der Waals surface area contributed by atoms with Crippen LogP contribution in [0.25, 0.3) is 5.95 Å². The molecule has 1 aliphatic rings. The van der Waals surface area contributed by atoms with Crippen LogP contribution in [-0.4, -0.2) is 53.0 Å². The molecule has 7 heteroatoms. The van der Waals surface area contributed by atoms with E-state index in [1.807, 2.05) is 26.0 Å². The van der Waals surface area contributed by atoms with Crippen LogP contribution in [0.4, 0.5) is 5.82 Å². The molecule has 23 heavy (non-hydrogen) atoms. The van der Waals surface area contributed by atoms with Crippen molar-refractivity contribution in [3.05, 3.63) is 29.2 Å². The summed E-state index contributed by atoms with van der Waals surface area (Å²) in [6.07, 6.45) is 1.11. The number of hydrogen-bond acceptors (Lipinski definition) is 6. The van der Waals surface area contributed by atoms with Gasteiger partial charge in [0.2, 0.25) is 0 Å². The van der Waals surface area contributed by atoms with E-state index in [4.69, 9.17) is 9.72 Å². The highest BCUT2D eigenvalue weighted by molar-refractivity contribution is 5.42. The molecule has 0 bridgehead atoms. The Bertz CT molecular complexity index is 661. The SMILES string of the molecule is COCc1cc(N2CCCNCC2)nc(-n2nc(C)cc2C)n1. The molecule has 7 nitrogen and oxygen atoms in total. The third-order valence-corrected chi connectivity index (χ3v) is 3.91. The highest BCUT2D eigenvalue weighted by Crippen LogP contribution is 2.17. The monoisotopic (exact) mass is 316 g/mol. The summed E-state index contributed by atoms with van der Waals surface area (Å²) >= 11 is 0. The van der Waals surface area contributed by atoms with Gasteiger partial charge in [-0.2, -0.15) is 10.1 Å². The van der Waals surface area contributed by atoms with Crippen molar-refractivity contribution < 1.29 is 4.74 Å². The molecule has 1 aliphatic heterocycles. The first-order valence-electron chi connectivity index (χ1n) is 8.03. The molecular weight excluding hydrogens is 292 g/mol. The molecule has 0 saturated carbocycles. The van der Waals surface area contributed by atoms with Gasteiger partial charge in [-0.3, -0.25) is 0 Å². The topological polar surface area (TPSA) is 68.1 Å². The van der Waals surface area contributed by atoms with Crippen molar-refractivity contribution in [2.45, 2.75) is 26.9 Å². The molecule has 1 N–H and O–H groups in total. The number of ether oxygens (including phenoxy) is 1. The van der Waals surface area contributed by atoms with Crippen LogP contribution in [0.2, 0.25) is 0 Å². The van der Waals surface area contributed by atoms with Gasteiger partial charge in [0.05, 0.1) is 18.0 Å². The molecule has 0 spiro atoms.